The monoisotopic (exact) mass is 475 g/mol. The van der Waals surface area contributed by atoms with E-state index in [-0.39, 0.29) is 36.4 Å². The van der Waals surface area contributed by atoms with Crippen LogP contribution in [0.2, 0.25) is 0 Å². The molecule has 34 heavy (non-hydrogen) atoms. The van der Waals surface area contributed by atoms with Gasteiger partial charge in [0.2, 0.25) is 5.91 Å². The Kier molecular flexibility index (Phi) is 8.90. The number of likely N-dealkylation sites (N-methyl/N-ethyl adjacent to an activating group) is 1. The van der Waals surface area contributed by atoms with Gasteiger partial charge in [-0.05, 0) is 69.8 Å². The van der Waals surface area contributed by atoms with Crippen molar-refractivity contribution in [2.75, 3.05) is 47.4 Å². The zero-order valence-corrected chi connectivity index (χ0v) is 20.3. The molecule has 0 aromatic heterocycles. The predicted molar refractivity (Wildman–Crippen MR) is 127 cm³/mol. The van der Waals surface area contributed by atoms with Crippen LogP contribution in [0.5, 0.6) is 5.75 Å². The van der Waals surface area contributed by atoms with Crippen LogP contribution in [0.15, 0.2) is 24.3 Å². The fourth-order valence-electron chi connectivity index (χ4n) is 5.67. The molecule has 1 aromatic rings. The molecule has 1 aromatic carbocycles. The number of hydrogen-bond donors (Lipinski definition) is 2. The number of nitrogens with zero attached hydrogens (tertiary/aromatic N) is 3. The average molecular weight is 476 g/mol. The number of aliphatic hydroxyl groups excluding tert-OH is 1. The van der Waals surface area contributed by atoms with Crippen LogP contribution >= 0.6 is 0 Å². The fourth-order valence-corrected chi connectivity index (χ4v) is 5.67. The van der Waals surface area contributed by atoms with E-state index in [4.69, 9.17) is 14.6 Å². The average Bonchev–Trinajstić information content (AvgIpc) is 3.26. The molecule has 0 bridgehead atoms. The van der Waals surface area contributed by atoms with Gasteiger partial charge in [0.25, 0.3) is 12.4 Å². The van der Waals surface area contributed by atoms with E-state index in [9.17, 15) is 14.7 Å². The molecule has 188 valence electrons. The molecule has 2 amide bonds. The summed E-state index contributed by atoms with van der Waals surface area (Å²) in [7, 11) is 5.63. The number of carbonyl (C=O) groups excluding carboxylic acids is 2. The number of hydrogen-bond acceptors (Lipinski definition) is 6. The van der Waals surface area contributed by atoms with Gasteiger partial charge in [0.15, 0.2) is 0 Å². The summed E-state index contributed by atoms with van der Waals surface area (Å²) in [6.45, 7) is 2.54. The van der Waals surface area contributed by atoms with Crippen molar-refractivity contribution in [3.63, 3.8) is 0 Å². The lowest BCUT2D eigenvalue weighted by Crippen LogP contribution is -2.46. The highest BCUT2D eigenvalue weighted by Gasteiger charge is 2.44. The van der Waals surface area contributed by atoms with Gasteiger partial charge in [-0.3, -0.25) is 14.4 Å². The Hall–Kier alpha value is -2.65. The maximum Gasteiger partial charge on any atom is 0.290 e. The maximum atomic E-state index is 13.2. The molecule has 2 saturated heterocycles. The molecular formula is C25H37N3O6. The quantitative estimate of drug-likeness (QED) is 0.634. The summed E-state index contributed by atoms with van der Waals surface area (Å²) in [6, 6.07) is 7.41. The van der Waals surface area contributed by atoms with E-state index >= 15 is 0 Å². The number of piperidine rings is 1. The summed E-state index contributed by atoms with van der Waals surface area (Å²) in [6.07, 6.45) is 2.85. The first kappa shape index (κ1) is 26.0. The van der Waals surface area contributed by atoms with Crippen LogP contribution in [0.3, 0.4) is 0 Å². The molecule has 2 aliphatic heterocycles. The van der Waals surface area contributed by atoms with E-state index in [0.29, 0.717) is 49.1 Å². The summed E-state index contributed by atoms with van der Waals surface area (Å²) >= 11 is 0. The van der Waals surface area contributed by atoms with Gasteiger partial charge in [-0.25, -0.2) is 0 Å². The molecule has 4 atom stereocenters. The Morgan fingerprint density at radius 2 is 1.71 bits per heavy atom. The molecule has 0 unspecified atom stereocenters. The highest BCUT2D eigenvalue weighted by atomic mass is 16.5. The van der Waals surface area contributed by atoms with Gasteiger partial charge < -0.3 is 29.6 Å². The smallest absolute Gasteiger partial charge is 0.290 e. The Morgan fingerprint density at radius 1 is 1.09 bits per heavy atom. The van der Waals surface area contributed by atoms with Gasteiger partial charge >= 0.3 is 0 Å². The minimum Gasteiger partial charge on any atom is -0.497 e. The number of amides is 2. The second kappa shape index (κ2) is 11.7. The van der Waals surface area contributed by atoms with Crippen molar-refractivity contribution in [2.24, 2.45) is 17.8 Å². The summed E-state index contributed by atoms with van der Waals surface area (Å²) in [4.78, 5) is 40.4. The molecule has 1 saturated carbocycles. The van der Waals surface area contributed by atoms with Crippen LogP contribution in [0.25, 0.3) is 0 Å². The first-order valence-electron chi connectivity index (χ1n) is 11.9. The van der Waals surface area contributed by atoms with Crippen LogP contribution in [0.4, 0.5) is 0 Å². The van der Waals surface area contributed by atoms with Crippen molar-refractivity contribution >= 4 is 18.3 Å². The Bertz CT molecular complexity index is 855. The molecule has 3 fully saturated rings. The van der Waals surface area contributed by atoms with Crippen molar-refractivity contribution in [1.29, 1.82) is 0 Å². The summed E-state index contributed by atoms with van der Waals surface area (Å²) in [5, 5.41) is 17.4. The topological polar surface area (TPSA) is 111 Å². The van der Waals surface area contributed by atoms with Crippen LogP contribution in [0.1, 0.15) is 36.0 Å². The number of aliphatic hydroxyl groups is 1. The van der Waals surface area contributed by atoms with E-state index in [1.165, 1.54) is 0 Å². The molecule has 0 radical (unpaired) electrons. The predicted octanol–water partition coefficient (Wildman–Crippen LogP) is 1.41. The number of likely N-dealkylation sites (tertiary alicyclic amines) is 2. The SMILES string of the molecule is COc1cccc(C(=O)N2CCC(C(=O)N3C[C@H]4C[C@@H](N(C)C)[C@H](O)C[C@H]4C3)CC2)c1.O=CO. The van der Waals surface area contributed by atoms with Gasteiger partial charge in [-0.15, -0.1) is 0 Å². The number of benzene rings is 1. The molecule has 9 heteroatoms. The van der Waals surface area contributed by atoms with E-state index in [0.717, 1.165) is 25.9 Å². The third-order valence-electron chi connectivity index (χ3n) is 7.53. The number of carboxylic acid groups (broad SMARTS) is 1. The molecular weight excluding hydrogens is 438 g/mol. The Morgan fingerprint density at radius 3 is 2.29 bits per heavy atom. The van der Waals surface area contributed by atoms with E-state index in [1.807, 2.05) is 42.1 Å². The zero-order chi connectivity index (χ0) is 24.8. The fraction of sp³-hybridized carbons (Fsp3) is 0.640. The molecule has 2 heterocycles. The normalized spacial score (nSPS) is 27.0. The maximum absolute atomic E-state index is 13.2. The van der Waals surface area contributed by atoms with Crippen molar-refractivity contribution < 1.29 is 29.3 Å². The molecule has 4 rings (SSSR count). The minimum absolute atomic E-state index is 0.000654. The first-order chi connectivity index (χ1) is 16.3. The lowest BCUT2D eigenvalue weighted by Gasteiger charge is -2.38. The number of fused-ring (bicyclic) bond motifs is 1. The highest BCUT2D eigenvalue weighted by molar-refractivity contribution is 5.94. The first-order valence-corrected chi connectivity index (χ1v) is 11.9. The third-order valence-corrected chi connectivity index (χ3v) is 7.53. The van der Waals surface area contributed by atoms with Crippen LogP contribution in [-0.2, 0) is 9.59 Å². The number of methoxy groups -OCH3 is 1. The molecule has 3 aliphatic rings. The highest BCUT2D eigenvalue weighted by Crippen LogP contribution is 2.38. The summed E-state index contributed by atoms with van der Waals surface area (Å²) in [5.41, 5.74) is 0.627. The number of carbonyl (C=O) groups is 3. The molecule has 9 nitrogen and oxygen atoms in total. The summed E-state index contributed by atoms with van der Waals surface area (Å²) < 4.78 is 5.23. The van der Waals surface area contributed by atoms with Crippen molar-refractivity contribution in [3.8, 4) is 5.75 Å². The van der Waals surface area contributed by atoms with Gasteiger partial charge in [0, 0.05) is 43.7 Å². The zero-order valence-electron chi connectivity index (χ0n) is 20.3. The second-order valence-corrected chi connectivity index (χ2v) is 9.74. The minimum atomic E-state index is -0.308. The van der Waals surface area contributed by atoms with Crippen LogP contribution in [0, 0.1) is 17.8 Å². The Labute approximate surface area is 201 Å². The van der Waals surface area contributed by atoms with E-state index in [1.54, 1.807) is 13.2 Å². The summed E-state index contributed by atoms with van der Waals surface area (Å²) in [5.74, 6) is 1.79. The molecule has 0 spiro atoms. The van der Waals surface area contributed by atoms with Crippen molar-refractivity contribution in [2.45, 2.75) is 37.8 Å². The van der Waals surface area contributed by atoms with Crippen molar-refractivity contribution in [1.82, 2.24) is 14.7 Å². The van der Waals surface area contributed by atoms with Gasteiger partial charge in [-0.1, -0.05) is 6.07 Å². The largest absolute Gasteiger partial charge is 0.497 e. The third kappa shape index (κ3) is 5.88. The molecule has 2 N–H and O–H groups in total. The second-order valence-electron chi connectivity index (χ2n) is 9.74. The van der Waals surface area contributed by atoms with Crippen molar-refractivity contribution in [3.05, 3.63) is 29.8 Å². The molecule has 1 aliphatic carbocycles. The van der Waals surface area contributed by atoms with Crippen LogP contribution in [-0.4, -0.2) is 103 Å². The van der Waals surface area contributed by atoms with Gasteiger partial charge in [-0.2, -0.15) is 0 Å². The standard InChI is InChI=1S/C24H35N3O4.CH2O2/c1-25(2)21-12-18-14-27(15-19(18)13-22(21)28)23(29)16-7-9-26(10-8-16)24(30)17-5-4-6-20(11-17)31-3;2-1-3/h4-6,11,16,18-19,21-22,28H,7-10,12-15H2,1-3H3;1H,(H,2,3)/t18-,19+,21-,22-;/m1./s1. The van der Waals surface area contributed by atoms with Crippen LogP contribution < -0.4 is 4.74 Å². The van der Waals surface area contributed by atoms with Gasteiger partial charge in [0.1, 0.15) is 5.75 Å². The van der Waals surface area contributed by atoms with E-state index < -0.39 is 0 Å². The lowest BCUT2D eigenvalue weighted by atomic mass is 9.77. The number of rotatable bonds is 4. The van der Waals surface area contributed by atoms with Gasteiger partial charge in [0.05, 0.1) is 13.2 Å². The Balaban J connectivity index is 0.00000103. The lowest BCUT2D eigenvalue weighted by molar-refractivity contribution is -0.136. The number of ether oxygens (including phenoxy) is 1. The van der Waals surface area contributed by atoms with E-state index in [2.05, 4.69) is 4.90 Å².